The molecule has 0 spiro atoms. The maximum Gasteiger partial charge on any atom is 0.0119 e. The van der Waals surface area contributed by atoms with Crippen LogP contribution in [-0.2, 0) is 0 Å². The van der Waals surface area contributed by atoms with Crippen LogP contribution in [-0.4, -0.2) is 50.7 Å². The lowest BCUT2D eigenvalue weighted by Crippen LogP contribution is -2.45. The third kappa shape index (κ3) is 3.19. The number of nitrogens with one attached hydrogen (secondary N) is 2. The van der Waals surface area contributed by atoms with Gasteiger partial charge in [-0.2, -0.15) is 0 Å². The fourth-order valence-corrected chi connectivity index (χ4v) is 3.35. The van der Waals surface area contributed by atoms with Crippen LogP contribution in [0.5, 0.6) is 0 Å². The van der Waals surface area contributed by atoms with Crippen molar-refractivity contribution in [2.24, 2.45) is 5.92 Å². The Morgan fingerprint density at radius 2 is 2.25 bits per heavy atom. The highest BCUT2D eigenvalue weighted by molar-refractivity contribution is 4.86. The molecular weight excluding hydrogens is 198 g/mol. The first kappa shape index (κ1) is 12.3. The number of hydrogen-bond donors (Lipinski definition) is 2. The zero-order chi connectivity index (χ0) is 11.4. The summed E-state index contributed by atoms with van der Waals surface area (Å²) in [6, 6.07) is 1.48. The van der Waals surface area contributed by atoms with Gasteiger partial charge in [0.1, 0.15) is 0 Å². The van der Waals surface area contributed by atoms with Crippen molar-refractivity contribution in [2.45, 2.75) is 44.2 Å². The van der Waals surface area contributed by atoms with Crippen LogP contribution in [0.3, 0.4) is 0 Å². The van der Waals surface area contributed by atoms with Crippen molar-refractivity contribution in [3.8, 4) is 0 Å². The second-order valence-corrected chi connectivity index (χ2v) is 5.59. The largest absolute Gasteiger partial charge is 0.317 e. The van der Waals surface area contributed by atoms with Crippen LogP contribution in [0.15, 0.2) is 0 Å². The topological polar surface area (TPSA) is 27.3 Å². The minimum Gasteiger partial charge on any atom is -0.317 e. The molecule has 0 amide bonds. The number of nitrogens with zero attached hydrogens (tertiary/aromatic N) is 1. The van der Waals surface area contributed by atoms with E-state index in [2.05, 4.69) is 29.6 Å². The summed E-state index contributed by atoms with van der Waals surface area (Å²) in [6.45, 7) is 3.79. The molecule has 0 bridgehead atoms. The Kier molecular flexibility index (Phi) is 4.62. The first-order valence-corrected chi connectivity index (χ1v) is 6.89. The van der Waals surface area contributed by atoms with Gasteiger partial charge in [-0.25, -0.2) is 0 Å². The summed E-state index contributed by atoms with van der Waals surface area (Å²) in [5.41, 5.74) is 0. The van der Waals surface area contributed by atoms with Crippen LogP contribution >= 0.6 is 0 Å². The van der Waals surface area contributed by atoms with Crippen molar-refractivity contribution >= 4 is 0 Å². The maximum atomic E-state index is 3.62. The van der Waals surface area contributed by atoms with Gasteiger partial charge in [0.15, 0.2) is 0 Å². The summed E-state index contributed by atoms with van der Waals surface area (Å²) in [7, 11) is 4.39. The average molecular weight is 225 g/mol. The Balaban J connectivity index is 1.82. The second-order valence-electron chi connectivity index (χ2n) is 5.59. The molecule has 2 aliphatic rings. The normalized spacial score (nSPS) is 34.1. The van der Waals surface area contributed by atoms with E-state index in [1.165, 1.54) is 51.7 Å². The van der Waals surface area contributed by atoms with Crippen molar-refractivity contribution in [2.75, 3.05) is 33.7 Å². The fourth-order valence-electron chi connectivity index (χ4n) is 3.35. The first-order valence-electron chi connectivity index (χ1n) is 6.89. The number of piperidine rings is 1. The molecule has 0 aromatic heterocycles. The smallest absolute Gasteiger partial charge is 0.0119 e. The van der Waals surface area contributed by atoms with Crippen molar-refractivity contribution in [1.82, 2.24) is 15.5 Å². The highest BCUT2D eigenvalue weighted by Gasteiger charge is 2.27. The van der Waals surface area contributed by atoms with Gasteiger partial charge in [0.25, 0.3) is 0 Å². The Bertz CT molecular complexity index is 201. The molecule has 2 rings (SSSR count). The SMILES string of the molecule is CNC(CC1CCCN1)C1CCCN(C)C1. The molecule has 3 atom stereocenters. The summed E-state index contributed by atoms with van der Waals surface area (Å²) >= 11 is 0. The molecule has 16 heavy (non-hydrogen) atoms. The van der Waals surface area contributed by atoms with Gasteiger partial charge >= 0.3 is 0 Å². The third-order valence-electron chi connectivity index (χ3n) is 4.30. The molecule has 3 heteroatoms. The predicted octanol–water partition coefficient (Wildman–Crippen LogP) is 1.06. The predicted molar refractivity (Wildman–Crippen MR) is 68.7 cm³/mol. The molecule has 2 heterocycles. The number of hydrogen-bond acceptors (Lipinski definition) is 3. The molecular formula is C13H27N3. The van der Waals surface area contributed by atoms with E-state index in [0.29, 0.717) is 6.04 Å². The van der Waals surface area contributed by atoms with E-state index < -0.39 is 0 Å². The zero-order valence-corrected chi connectivity index (χ0v) is 10.8. The fraction of sp³-hybridized carbons (Fsp3) is 1.00. The molecule has 94 valence electrons. The van der Waals surface area contributed by atoms with Crippen LogP contribution in [0.25, 0.3) is 0 Å². The average Bonchev–Trinajstić information content (AvgIpc) is 2.78. The third-order valence-corrected chi connectivity index (χ3v) is 4.30. The standard InChI is InChI=1S/C13H27N3/c1-14-13(9-12-6-3-7-15-12)11-5-4-8-16(2)10-11/h11-15H,3-10H2,1-2H3. The molecule has 0 radical (unpaired) electrons. The van der Waals surface area contributed by atoms with E-state index in [1.807, 2.05) is 0 Å². The highest BCUT2D eigenvalue weighted by atomic mass is 15.1. The lowest BCUT2D eigenvalue weighted by atomic mass is 9.87. The van der Waals surface area contributed by atoms with Crippen molar-refractivity contribution < 1.29 is 0 Å². The monoisotopic (exact) mass is 225 g/mol. The molecule has 0 saturated carbocycles. The summed E-state index contributed by atoms with van der Waals surface area (Å²) < 4.78 is 0. The van der Waals surface area contributed by atoms with Gasteiger partial charge < -0.3 is 15.5 Å². The van der Waals surface area contributed by atoms with E-state index in [9.17, 15) is 0 Å². The number of likely N-dealkylation sites (tertiary alicyclic amines) is 1. The summed E-state index contributed by atoms with van der Waals surface area (Å²) in [6.07, 6.45) is 6.83. The Morgan fingerprint density at radius 3 is 2.88 bits per heavy atom. The Labute approximate surface area is 100.0 Å². The Hall–Kier alpha value is -0.120. The van der Waals surface area contributed by atoms with Crippen molar-refractivity contribution in [1.29, 1.82) is 0 Å². The second kappa shape index (κ2) is 5.99. The quantitative estimate of drug-likeness (QED) is 0.749. The van der Waals surface area contributed by atoms with Gasteiger partial charge in [-0.1, -0.05) is 0 Å². The maximum absolute atomic E-state index is 3.62. The lowest BCUT2D eigenvalue weighted by molar-refractivity contribution is 0.167. The summed E-state index contributed by atoms with van der Waals surface area (Å²) in [4.78, 5) is 2.49. The van der Waals surface area contributed by atoms with E-state index in [0.717, 1.165) is 12.0 Å². The van der Waals surface area contributed by atoms with Gasteiger partial charge in [-0.15, -0.1) is 0 Å². The lowest BCUT2D eigenvalue weighted by Gasteiger charge is -2.36. The van der Waals surface area contributed by atoms with E-state index >= 15 is 0 Å². The van der Waals surface area contributed by atoms with Crippen molar-refractivity contribution in [3.63, 3.8) is 0 Å². The summed E-state index contributed by atoms with van der Waals surface area (Å²) in [5.74, 6) is 0.853. The summed E-state index contributed by atoms with van der Waals surface area (Å²) in [5, 5.41) is 7.17. The molecule has 0 aromatic carbocycles. The van der Waals surface area contributed by atoms with Crippen LogP contribution in [0.4, 0.5) is 0 Å². The van der Waals surface area contributed by atoms with E-state index in [-0.39, 0.29) is 0 Å². The van der Waals surface area contributed by atoms with E-state index in [4.69, 9.17) is 0 Å². The molecule has 0 aliphatic carbocycles. The highest BCUT2D eigenvalue weighted by Crippen LogP contribution is 2.23. The van der Waals surface area contributed by atoms with Gasteiger partial charge in [0.05, 0.1) is 0 Å². The molecule has 3 nitrogen and oxygen atoms in total. The molecule has 2 N–H and O–H groups in total. The van der Waals surface area contributed by atoms with Gasteiger partial charge in [0.2, 0.25) is 0 Å². The van der Waals surface area contributed by atoms with Crippen molar-refractivity contribution in [3.05, 3.63) is 0 Å². The molecule has 2 saturated heterocycles. The molecule has 3 unspecified atom stereocenters. The minimum absolute atomic E-state index is 0.707. The molecule has 0 aromatic rings. The molecule has 2 aliphatic heterocycles. The Morgan fingerprint density at radius 1 is 1.38 bits per heavy atom. The van der Waals surface area contributed by atoms with Gasteiger partial charge in [0, 0.05) is 18.6 Å². The van der Waals surface area contributed by atoms with Crippen LogP contribution in [0.2, 0.25) is 0 Å². The zero-order valence-electron chi connectivity index (χ0n) is 10.8. The first-order chi connectivity index (χ1) is 7.79. The van der Waals surface area contributed by atoms with Gasteiger partial charge in [-0.05, 0) is 65.2 Å². The van der Waals surface area contributed by atoms with Gasteiger partial charge in [-0.3, -0.25) is 0 Å². The van der Waals surface area contributed by atoms with Crippen LogP contribution < -0.4 is 10.6 Å². The number of rotatable bonds is 4. The minimum atomic E-state index is 0.707. The molecule has 2 fully saturated rings. The van der Waals surface area contributed by atoms with Crippen LogP contribution in [0.1, 0.15) is 32.1 Å². The van der Waals surface area contributed by atoms with Crippen LogP contribution in [0, 0.1) is 5.92 Å². The van der Waals surface area contributed by atoms with E-state index in [1.54, 1.807) is 0 Å².